The molecule has 1 aromatic heterocycles. The number of nitrogens with zero attached hydrogens (tertiary/aromatic N) is 4. The topological polar surface area (TPSA) is 78.4 Å². The first kappa shape index (κ1) is 15.7. The van der Waals surface area contributed by atoms with Crippen LogP contribution in [0.4, 0.5) is 5.95 Å². The Balaban J connectivity index is 1.41. The second-order valence-corrected chi connectivity index (χ2v) is 6.06. The Kier molecular flexibility index (Phi) is 5.05. The van der Waals surface area contributed by atoms with Crippen molar-refractivity contribution in [2.45, 2.75) is 32.1 Å². The molecule has 0 bridgehead atoms. The predicted molar refractivity (Wildman–Crippen MR) is 86.2 cm³/mol. The first-order valence-corrected chi connectivity index (χ1v) is 8.37. The number of carbonyl (C=O) groups excluding carboxylic acids is 2. The second kappa shape index (κ2) is 7.39. The van der Waals surface area contributed by atoms with Gasteiger partial charge in [0.25, 0.3) is 5.91 Å². The molecule has 2 aliphatic heterocycles. The summed E-state index contributed by atoms with van der Waals surface area (Å²) in [6.07, 6.45) is 7.89. The quantitative estimate of drug-likeness (QED) is 0.786. The third-order valence-electron chi connectivity index (χ3n) is 4.35. The van der Waals surface area contributed by atoms with Crippen molar-refractivity contribution in [2.75, 3.05) is 37.6 Å². The number of amides is 2. The molecule has 23 heavy (non-hydrogen) atoms. The van der Waals surface area contributed by atoms with E-state index >= 15 is 0 Å². The van der Waals surface area contributed by atoms with Crippen LogP contribution in [-0.2, 0) is 4.79 Å². The molecule has 0 saturated carbocycles. The van der Waals surface area contributed by atoms with E-state index in [0.717, 1.165) is 32.5 Å². The van der Waals surface area contributed by atoms with Crippen LogP contribution in [0.25, 0.3) is 0 Å². The van der Waals surface area contributed by atoms with Crippen LogP contribution >= 0.6 is 0 Å². The van der Waals surface area contributed by atoms with Crippen LogP contribution in [0, 0.1) is 0 Å². The summed E-state index contributed by atoms with van der Waals surface area (Å²) in [5.41, 5.74) is 0.477. The lowest BCUT2D eigenvalue weighted by Crippen LogP contribution is -2.30. The fourth-order valence-corrected chi connectivity index (χ4v) is 3.03. The van der Waals surface area contributed by atoms with E-state index in [9.17, 15) is 9.59 Å². The van der Waals surface area contributed by atoms with Gasteiger partial charge in [-0.3, -0.25) is 9.59 Å². The van der Waals surface area contributed by atoms with Crippen molar-refractivity contribution < 1.29 is 9.59 Å². The van der Waals surface area contributed by atoms with Crippen LogP contribution in [0.1, 0.15) is 42.5 Å². The Morgan fingerprint density at radius 2 is 1.87 bits per heavy atom. The van der Waals surface area contributed by atoms with Gasteiger partial charge in [-0.25, -0.2) is 9.97 Å². The van der Waals surface area contributed by atoms with Gasteiger partial charge >= 0.3 is 0 Å². The van der Waals surface area contributed by atoms with Gasteiger partial charge in [-0.2, -0.15) is 0 Å². The second-order valence-electron chi connectivity index (χ2n) is 6.06. The fraction of sp³-hybridized carbons (Fsp3) is 0.625. The maximum atomic E-state index is 12.1. The van der Waals surface area contributed by atoms with Crippen molar-refractivity contribution in [3.05, 3.63) is 18.0 Å². The van der Waals surface area contributed by atoms with Crippen LogP contribution in [0.15, 0.2) is 12.4 Å². The molecule has 0 spiro atoms. The van der Waals surface area contributed by atoms with E-state index in [-0.39, 0.29) is 11.8 Å². The standard InChI is InChI=1S/C16H23N5O2/c22-14-5-3-9-20(14)10-4-6-17-15(23)13-11-18-16(19-12-13)21-7-1-2-8-21/h11-12H,1-10H2,(H,17,23). The number of hydrogen-bond acceptors (Lipinski definition) is 5. The van der Waals surface area contributed by atoms with Crippen molar-refractivity contribution >= 4 is 17.8 Å². The third kappa shape index (κ3) is 3.97. The highest BCUT2D eigenvalue weighted by Gasteiger charge is 2.19. The molecule has 0 radical (unpaired) electrons. The number of aromatic nitrogens is 2. The Hall–Kier alpha value is -2.18. The largest absolute Gasteiger partial charge is 0.352 e. The number of carbonyl (C=O) groups is 2. The number of hydrogen-bond donors (Lipinski definition) is 1. The van der Waals surface area contributed by atoms with Crippen LogP contribution in [0.5, 0.6) is 0 Å². The summed E-state index contributed by atoms with van der Waals surface area (Å²) in [6.45, 7) is 4.08. The summed E-state index contributed by atoms with van der Waals surface area (Å²) in [5, 5.41) is 2.86. The molecule has 3 rings (SSSR count). The zero-order chi connectivity index (χ0) is 16.1. The molecule has 124 valence electrons. The zero-order valence-corrected chi connectivity index (χ0v) is 13.3. The van der Waals surface area contributed by atoms with E-state index in [1.807, 2.05) is 4.90 Å². The van der Waals surface area contributed by atoms with Crippen LogP contribution in [0.2, 0.25) is 0 Å². The van der Waals surface area contributed by atoms with E-state index in [4.69, 9.17) is 0 Å². The molecular formula is C16H23N5O2. The van der Waals surface area contributed by atoms with Gasteiger partial charge in [0.2, 0.25) is 11.9 Å². The van der Waals surface area contributed by atoms with E-state index in [1.54, 1.807) is 12.4 Å². The molecule has 0 aliphatic carbocycles. The van der Waals surface area contributed by atoms with Gasteiger partial charge in [-0.05, 0) is 25.7 Å². The van der Waals surface area contributed by atoms with E-state index < -0.39 is 0 Å². The summed E-state index contributed by atoms with van der Waals surface area (Å²) in [6, 6.07) is 0. The predicted octanol–water partition coefficient (Wildman–Crippen LogP) is 0.819. The summed E-state index contributed by atoms with van der Waals surface area (Å²) >= 11 is 0. The molecule has 3 heterocycles. The van der Waals surface area contributed by atoms with E-state index in [1.165, 1.54) is 12.8 Å². The van der Waals surface area contributed by atoms with Crippen molar-refractivity contribution in [1.82, 2.24) is 20.2 Å². The monoisotopic (exact) mass is 317 g/mol. The Bertz CT molecular complexity index is 554. The zero-order valence-electron chi connectivity index (χ0n) is 13.3. The van der Waals surface area contributed by atoms with Crippen molar-refractivity contribution in [2.24, 2.45) is 0 Å². The number of likely N-dealkylation sites (tertiary alicyclic amines) is 1. The van der Waals surface area contributed by atoms with E-state index in [2.05, 4.69) is 20.2 Å². The molecule has 7 heteroatoms. The molecule has 2 saturated heterocycles. The Morgan fingerprint density at radius 1 is 1.13 bits per heavy atom. The minimum atomic E-state index is -0.161. The SMILES string of the molecule is O=C(NCCCN1CCCC1=O)c1cnc(N2CCCC2)nc1. The summed E-state index contributed by atoms with van der Waals surface area (Å²) in [7, 11) is 0. The van der Waals surface area contributed by atoms with E-state index in [0.29, 0.717) is 31.0 Å². The van der Waals surface area contributed by atoms with Gasteiger partial charge in [0.15, 0.2) is 0 Å². The van der Waals surface area contributed by atoms with Crippen LogP contribution < -0.4 is 10.2 Å². The number of rotatable bonds is 6. The molecule has 0 aromatic carbocycles. The highest BCUT2D eigenvalue weighted by Crippen LogP contribution is 2.14. The summed E-state index contributed by atoms with van der Waals surface area (Å²) in [5.74, 6) is 0.763. The average molecular weight is 317 g/mol. The van der Waals surface area contributed by atoms with Gasteiger partial charge in [-0.15, -0.1) is 0 Å². The smallest absolute Gasteiger partial charge is 0.254 e. The molecule has 0 atom stereocenters. The average Bonchev–Trinajstić information content (AvgIpc) is 3.23. The summed E-state index contributed by atoms with van der Waals surface area (Å²) in [4.78, 5) is 36.1. The lowest BCUT2D eigenvalue weighted by Gasteiger charge is -2.15. The molecule has 7 nitrogen and oxygen atoms in total. The first-order chi connectivity index (χ1) is 11.2. The maximum Gasteiger partial charge on any atom is 0.254 e. The van der Waals surface area contributed by atoms with Crippen molar-refractivity contribution in [1.29, 1.82) is 0 Å². The Labute approximate surface area is 136 Å². The molecule has 2 amide bonds. The molecule has 2 fully saturated rings. The number of nitrogens with one attached hydrogen (secondary N) is 1. The van der Waals surface area contributed by atoms with Crippen LogP contribution in [-0.4, -0.2) is 59.4 Å². The third-order valence-corrected chi connectivity index (χ3v) is 4.35. The maximum absolute atomic E-state index is 12.1. The molecule has 2 aliphatic rings. The van der Waals surface area contributed by atoms with Gasteiger partial charge < -0.3 is 15.1 Å². The molecule has 1 aromatic rings. The molecular weight excluding hydrogens is 294 g/mol. The minimum absolute atomic E-state index is 0.161. The van der Waals surface area contributed by atoms with Crippen molar-refractivity contribution in [3.8, 4) is 0 Å². The Morgan fingerprint density at radius 3 is 2.52 bits per heavy atom. The van der Waals surface area contributed by atoms with Gasteiger partial charge in [0, 0.05) is 51.5 Å². The molecule has 0 unspecified atom stereocenters. The van der Waals surface area contributed by atoms with Gasteiger partial charge in [0.1, 0.15) is 0 Å². The lowest BCUT2D eigenvalue weighted by atomic mass is 10.3. The van der Waals surface area contributed by atoms with Crippen molar-refractivity contribution in [3.63, 3.8) is 0 Å². The first-order valence-electron chi connectivity index (χ1n) is 8.37. The lowest BCUT2D eigenvalue weighted by molar-refractivity contribution is -0.127. The van der Waals surface area contributed by atoms with Gasteiger partial charge in [0.05, 0.1) is 5.56 Å². The highest BCUT2D eigenvalue weighted by atomic mass is 16.2. The fourth-order valence-electron chi connectivity index (χ4n) is 3.03. The number of anilines is 1. The highest BCUT2D eigenvalue weighted by molar-refractivity contribution is 5.93. The molecule has 1 N–H and O–H groups in total. The summed E-state index contributed by atoms with van der Waals surface area (Å²) < 4.78 is 0. The van der Waals surface area contributed by atoms with Gasteiger partial charge in [-0.1, -0.05) is 0 Å². The normalized spacial score (nSPS) is 17.8. The van der Waals surface area contributed by atoms with Crippen LogP contribution in [0.3, 0.4) is 0 Å². The minimum Gasteiger partial charge on any atom is -0.352 e.